The van der Waals surface area contributed by atoms with E-state index in [1.165, 1.54) is 0 Å². The minimum absolute atomic E-state index is 0.00251. The van der Waals surface area contributed by atoms with Gasteiger partial charge in [0.1, 0.15) is 0 Å². The largest absolute Gasteiger partial charge is 0.339 e. The Bertz CT molecular complexity index is 986. The molecule has 0 atom stereocenters. The van der Waals surface area contributed by atoms with Crippen LogP contribution in [0.15, 0.2) is 48.5 Å². The van der Waals surface area contributed by atoms with Crippen LogP contribution < -0.4 is 10.6 Å². The van der Waals surface area contributed by atoms with Crippen LogP contribution in [0.4, 0.5) is 11.4 Å². The van der Waals surface area contributed by atoms with E-state index in [1.807, 2.05) is 9.80 Å². The van der Waals surface area contributed by atoms with Gasteiger partial charge in [0.05, 0.1) is 0 Å². The number of nitrogens with one attached hydrogen (secondary N) is 2. The van der Waals surface area contributed by atoms with Crippen LogP contribution in [0, 0.1) is 0 Å². The summed E-state index contributed by atoms with van der Waals surface area (Å²) in [4.78, 5) is 53.5. The Kier molecular flexibility index (Phi) is 7.57. The van der Waals surface area contributed by atoms with Crippen molar-refractivity contribution in [3.63, 3.8) is 0 Å². The molecule has 0 bridgehead atoms. The highest BCUT2D eigenvalue weighted by molar-refractivity contribution is 6.00. The normalized spacial score (nSPS) is 15.3. The molecule has 4 amide bonds. The number of anilines is 2. The van der Waals surface area contributed by atoms with Gasteiger partial charge in [-0.2, -0.15) is 0 Å². The first-order valence-corrected chi connectivity index (χ1v) is 11.9. The molecule has 2 N–H and O–H groups in total. The number of hydrogen-bond donors (Lipinski definition) is 2. The van der Waals surface area contributed by atoms with E-state index in [0.717, 1.165) is 51.9 Å². The van der Waals surface area contributed by atoms with Crippen molar-refractivity contribution in [2.24, 2.45) is 0 Å². The highest BCUT2D eigenvalue weighted by Gasteiger charge is 2.21. The van der Waals surface area contributed by atoms with Crippen LogP contribution in [0.2, 0.25) is 0 Å². The molecule has 0 aromatic heterocycles. The van der Waals surface area contributed by atoms with Gasteiger partial charge in [-0.1, -0.05) is 12.1 Å². The third kappa shape index (κ3) is 6.01. The molecule has 2 fully saturated rings. The lowest BCUT2D eigenvalue weighted by Crippen LogP contribution is -2.27. The lowest BCUT2D eigenvalue weighted by atomic mass is 10.1. The molecule has 2 heterocycles. The summed E-state index contributed by atoms with van der Waals surface area (Å²) in [6, 6.07) is 13.7. The first-order chi connectivity index (χ1) is 16.5. The molecule has 2 aromatic rings. The van der Waals surface area contributed by atoms with E-state index in [-0.39, 0.29) is 36.5 Å². The number of carbonyl (C=O) groups excluding carboxylic acids is 4. The van der Waals surface area contributed by atoms with Gasteiger partial charge in [0.2, 0.25) is 11.8 Å². The Morgan fingerprint density at radius 2 is 1.00 bits per heavy atom. The van der Waals surface area contributed by atoms with Gasteiger partial charge in [0.15, 0.2) is 0 Å². The Morgan fingerprint density at radius 3 is 1.38 bits per heavy atom. The maximum Gasteiger partial charge on any atom is 0.253 e. The van der Waals surface area contributed by atoms with Gasteiger partial charge < -0.3 is 20.4 Å². The van der Waals surface area contributed by atoms with E-state index in [0.29, 0.717) is 22.5 Å². The molecule has 2 saturated heterocycles. The van der Waals surface area contributed by atoms with Crippen molar-refractivity contribution in [1.29, 1.82) is 0 Å². The molecule has 0 spiro atoms. The molecule has 8 nitrogen and oxygen atoms in total. The average molecular weight is 463 g/mol. The summed E-state index contributed by atoms with van der Waals surface area (Å²) in [7, 11) is 0. The first-order valence-electron chi connectivity index (χ1n) is 11.9. The molecule has 34 heavy (non-hydrogen) atoms. The van der Waals surface area contributed by atoms with Gasteiger partial charge in [-0.25, -0.2) is 0 Å². The average Bonchev–Trinajstić information content (AvgIpc) is 3.57. The highest BCUT2D eigenvalue weighted by Crippen LogP contribution is 2.18. The maximum atomic E-state index is 12.6. The molecule has 2 aromatic carbocycles. The topological polar surface area (TPSA) is 98.8 Å². The molecule has 0 radical (unpaired) electrons. The predicted octanol–water partition coefficient (Wildman–Crippen LogP) is 3.52. The van der Waals surface area contributed by atoms with E-state index in [9.17, 15) is 19.2 Å². The van der Waals surface area contributed by atoms with Crippen molar-refractivity contribution in [2.75, 3.05) is 36.8 Å². The van der Waals surface area contributed by atoms with Gasteiger partial charge in [-0.3, -0.25) is 19.2 Å². The Balaban J connectivity index is 1.26. The number of hydrogen-bond acceptors (Lipinski definition) is 4. The zero-order chi connectivity index (χ0) is 23.9. The van der Waals surface area contributed by atoms with Crippen LogP contribution >= 0.6 is 0 Å². The van der Waals surface area contributed by atoms with E-state index in [2.05, 4.69) is 10.6 Å². The minimum Gasteiger partial charge on any atom is -0.339 e. The minimum atomic E-state index is -0.307. The summed E-state index contributed by atoms with van der Waals surface area (Å²) in [6.07, 6.45) is 4.07. The molecule has 2 aliphatic rings. The summed E-state index contributed by atoms with van der Waals surface area (Å²) in [6.45, 7) is 3.05. The monoisotopic (exact) mass is 462 g/mol. The van der Waals surface area contributed by atoms with Gasteiger partial charge in [0, 0.05) is 61.5 Å². The molecule has 2 aliphatic heterocycles. The van der Waals surface area contributed by atoms with Crippen LogP contribution in [0.5, 0.6) is 0 Å². The lowest BCUT2D eigenvalue weighted by Gasteiger charge is -2.16. The van der Waals surface area contributed by atoms with E-state index >= 15 is 0 Å². The van der Waals surface area contributed by atoms with Crippen molar-refractivity contribution in [3.05, 3.63) is 59.7 Å². The summed E-state index contributed by atoms with van der Waals surface area (Å²) >= 11 is 0. The number of rotatable bonds is 7. The lowest BCUT2D eigenvalue weighted by molar-refractivity contribution is -0.121. The van der Waals surface area contributed by atoms with Crippen molar-refractivity contribution < 1.29 is 19.2 Å². The van der Waals surface area contributed by atoms with Gasteiger partial charge >= 0.3 is 0 Å². The first kappa shape index (κ1) is 23.5. The summed E-state index contributed by atoms with van der Waals surface area (Å²) in [5.74, 6) is -0.672. The SMILES string of the molecule is O=C(CCC(=O)Nc1cccc(C(=O)N2CCCC2)c1)Nc1cccc(C(=O)N2CCCC2)c1. The number of nitrogens with zero attached hydrogens (tertiary/aromatic N) is 2. The smallest absolute Gasteiger partial charge is 0.253 e. The molecule has 8 heteroatoms. The molecular formula is C26H30N4O4. The Labute approximate surface area is 199 Å². The maximum absolute atomic E-state index is 12.6. The quantitative estimate of drug-likeness (QED) is 0.658. The zero-order valence-corrected chi connectivity index (χ0v) is 19.2. The fraction of sp³-hybridized carbons (Fsp3) is 0.385. The van der Waals surface area contributed by atoms with Crippen molar-refractivity contribution in [3.8, 4) is 0 Å². The number of amides is 4. The molecule has 0 unspecified atom stereocenters. The van der Waals surface area contributed by atoms with E-state index in [4.69, 9.17) is 0 Å². The second-order valence-electron chi connectivity index (χ2n) is 8.76. The van der Waals surface area contributed by atoms with Gasteiger partial charge in [0.25, 0.3) is 11.8 Å². The van der Waals surface area contributed by atoms with Crippen LogP contribution in [-0.4, -0.2) is 59.6 Å². The summed E-state index contributed by atoms with van der Waals surface area (Å²) in [5, 5.41) is 5.52. The number of likely N-dealkylation sites (tertiary alicyclic amines) is 2. The second kappa shape index (κ2) is 11.0. The molecule has 4 rings (SSSR count). The Hall–Kier alpha value is -3.68. The van der Waals surface area contributed by atoms with Crippen LogP contribution in [-0.2, 0) is 9.59 Å². The number of benzene rings is 2. The van der Waals surface area contributed by atoms with Crippen LogP contribution in [0.25, 0.3) is 0 Å². The molecule has 0 saturated carbocycles. The zero-order valence-electron chi connectivity index (χ0n) is 19.2. The second-order valence-corrected chi connectivity index (χ2v) is 8.76. The van der Waals surface area contributed by atoms with Crippen molar-refractivity contribution in [2.45, 2.75) is 38.5 Å². The highest BCUT2D eigenvalue weighted by atomic mass is 16.2. The fourth-order valence-electron chi connectivity index (χ4n) is 4.34. The van der Waals surface area contributed by atoms with Crippen molar-refractivity contribution >= 4 is 35.0 Å². The van der Waals surface area contributed by atoms with Crippen LogP contribution in [0.1, 0.15) is 59.2 Å². The molecule has 0 aliphatic carbocycles. The summed E-state index contributed by atoms with van der Waals surface area (Å²) < 4.78 is 0. The van der Waals surface area contributed by atoms with Gasteiger partial charge in [-0.15, -0.1) is 0 Å². The van der Waals surface area contributed by atoms with E-state index in [1.54, 1.807) is 48.5 Å². The summed E-state index contributed by atoms with van der Waals surface area (Å²) in [5.41, 5.74) is 2.15. The van der Waals surface area contributed by atoms with Gasteiger partial charge in [-0.05, 0) is 62.1 Å². The number of carbonyl (C=O) groups is 4. The van der Waals surface area contributed by atoms with E-state index < -0.39 is 0 Å². The fourth-order valence-corrected chi connectivity index (χ4v) is 4.34. The Morgan fingerprint density at radius 1 is 0.618 bits per heavy atom. The molecule has 178 valence electrons. The third-order valence-corrected chi connectivity index (χ3v) is 6.15. The van der Waals surface area contributed by atoms with Crippen LogP contribution in [0.3, 0.4) is 0 Å². The van der Waals surface area contributed by atoms with Crippen molar-refractivity contribution in [1.82, 2.24) is 9.80 Å². The predicted molar refractivity (Wildman–Crippen MR) is 130 cm³/mol. The third-order valence-electron chi connectivity index (χ3n) is 6.15. The molecular weight excluding hydrogens is 432 g/mol. The standard InChI is InChI=1S/C26H30N4O4/c31-23(27-21-9-5-7-19(17-21)25(33)29-13-1-2-14-29)11-12-24(32)28-22-10-6-8-20(18-22)26(34)30-15-3-4-16-30/h5-10,17-18H,1-4,11-16H2,(H,27,31)(H,28,32).